The molecule has 1 heterocycles. The van der Waals surface area contributed by atoms with E-state index in [1.807, 2.05) is 26.1 Å². The first kappa shape index (κ1) is 15.1. The Morgan fingerprint density at radius 2 is 2.15 bits per heavy atom. The first-order valence-corrected chi connectivity index (χ1v) is 7.64. The molecule has 2 N–H and O–H groups in total. The summed E-state index contributed by atoms with van der Waals surface area (Å²) in [6, 6.07) is 3.92. The molecule has 1 aromatic rings. The standard InChI is InChI=1S/C16H26N2O2/c1-13(11-14-7-6-10-20-14)18-15(19)12-16(17-2)8-4-3-5-9-16/h6-7,10,13,17H,3-5,8-9,11-12H2,1-2H3,(H,18,19). The summed E-state index contributed by atoms with van der Waals surface area (Å²) in [6.07, 6.45) is 8.91. The highest BCUT2D eigenvalue weighted by atomic mass is 16.3. The molecule has 1 amide bonds. The number of rotatable bonds is 6. The summed E-state index contributed by atoms with van der Waals surface area (Å²) in [5.41, 5.74) is 0.00668. The van der Waals surface area contributed by atoms with Crippen molar-refractivity contribution in [2.24, 2.45) is 0 Å². The van der Waals surface area contributed by atoms with Crippen LogP contribution in [-0.4, -0.2) is 24.5 Å². The van der Waals surface area contributed by atoms with Crippen molar-refractivity contribution in [3.05, 3.63) is 24.2 Å². The SMILES string of the molecule is CNC1(CC(=O)NC(C)Cc2ccco2)CCCCC1. The van der Waals surface area contributed by atoms with E-state index in [0.29, 0.717) is 6.42 Å². The third-order valence-electron chi connectivity index (χ3n) is 4.33. The van der Waals surface area contributed by atoms with Gasteiger partial charge in [-0.2, -0.15) is 0 Å². The topological polar surface area (TPSA) is 54.3 Å². The number of hydrogen-bond donors (Lipinski definition) is 2. The van der Waals surface area contributed by atoms with Gasteiger partial charge in [-0.15, -0.1) is 0 Å². The average molecular weight is 278 g/mol. The van der Waals surface area contributed by atoms with Gasteiger partial charge in [-0.25, -0.2) is 0 Å². The predicted molar refractivity (Wildman–Crippen MR) is 79.5 cm³/mol. The Morgan fingerprint density at radius 1 is 1.40 bits per heavy atom. The van der Waals surface area contributed by atoms with Gasteiger partial charge in [-0.3, -0.25) is 4.79 Å². The quantitative estimate of drug-likeness (QED) is 0.841. The van der Waals surface area contributed by atoms with Gasteiger partial charge in [0.15, 0.2) is 0 Å². The van der Waals surface area contributed by atoms with Crippen molar-refractivity contribution in [2.75, 3.05) is 7.05 Å². The van der Waals surface area contributed by atoms with Gasteiger partial charge in [-0.05, 0) is 38.9 Å². The van der Waals surface area contributed by atoms with Crippen molar-refractivity contribution >= 4 is 5.91 Å². The molecule has 112 valence electrons. The summed E-state index contributed by atoms with van der Waals surface area (Å²) in [5, 5.41) is 6.47. The molecule has 0 spiro atoms. The summed E-state index contributed by atoms with van der Waals surface area (Å²) in [7, 11) is 1.98. The maximum atomic E-state index is 12.2. The Morgan fingerprint density at radius 3 is 2.75 bits per heavy atom. The van der Waals surface area contributed by atoms with Gasteiger partial charge in [0.25, 0.3) is 0 Å². The van der Waals surface area contributed by atoms with Gasteiger partial charge in [0, 0.05) is 24.4 Å². The summed E-state index contributed by atoms with van der Waals surface area (Å²) >= 11 is 0. The zero-order chi connectivity index (χ0) is 14.4. The van der Waals surface area contributed by atoms with E-state index in [-0.39, 0.29) is 17.5 Å². The Hall–Kier alpha value is -1.29. The highest BCUT2D eigenvalue weighted by Gasteiger charge is 2.32. The molecule has 0 saturated heterocycles. The van der Waals surface area contributed by atoms with Gasteiger partial charge in [0.2, 0.25) is 5.91 Å². The van der Waals surface area contributed by atoms with Crippen LogP contribution < -0.4 is 10.6 Å². The second-order valence-corrected chi connectivity index (χ2v) is 6.02. The van der Waals surface area contributed by atoms with E-state index in [1.165, 1.54) is 19.3 Å². The Balaban J connectivity index is 1.81. The molecule has 0 bridgehead atoms. The lowest BCUT2D eigenvalue weighted by atomic mass is 9.79. The van der Waals surface area contributed by atoms with E-state index < -0.39 is 0 Å². The molecule has 2 rings (SSSR count). The van der Waals surface area contributed by atoms with E-state index in [0.717, 1.165) is 25.0 Å². The lowest BCUT2D eigenvalue weighted by Gasteiger charge is -2.37. The van der Waals surface area contributed by atoms with Crippen LogP contribution >= 0.6 is 0 Å². The smallest absolute Gasteiger partial charge is 0.222 e. The minimum absolute atomic E-state index is 0.00668. The fourth-order valence-electron chi connectivity index (χ4n) is 3.16. The maximum absolute atomic E-state index is 12.2. The van der Waals surface area contributed by atoms with Gasteiger partial charge >= 0.3 is 0 Å². The van der Waals surface area contributed by atoms with Gasteiger partial charge in [0.1, 0.15) is 5.76 Å². The first-order valence-electron chi connectivity index (χ1n) is 7.64. The molecule has 0 aromatic carbocycles. The van der Waals surface area contributed by atoms with Crippen molar-refractivity contribution in [3.8, 4) is 0 Å². The largest absolute Gasteiger partial charge is 0.469 e. The average Bonchev–Trinajstić information content (AvgIpc) is 2.92. The highest BCUT2D eigenvalue weighted by molar-refractivity contribution is 5.77. The van der Waals surface area contributed by atoms with Crippen molar-refractivity contribution in [3.63, 3.8) is 0 Å². The van der Waals surface area contributed by atoms with E-state index in [1.54, 1.807) is 6.26 Å². The number of nitrogens with one attached hydrogen (secondary N) is 2. The van der Waals surface area contributed by atoms with Crippen molar-refractivity contribution < 1.29 is 9.21 Å². The van der Waals surface area contributed by atoms with Crippen LogP contribution in [0.15, 0.2) is 22.8 Å². The lowest BCUT2D eigenvalue weighted by molar-refractivity contribution is -0.123. The van der Waals surface area contributed by atoms with Crippen LogP contribution in [0.25, 0.3) is 0 Å². The normalized spacial score (nSPS) is 19.5. The van der Waals surface area contributed by atoms with Gasteiger partial charge in [0.05, 0.1) is 6.26 Å². The molecule has 1 fully saturated rings. The zero-order valence-corrected chi connectivity index (χ0v) is 12.6. The van der Waals surface area contributed by atoms with E-state index >= 15 is 0 Å². The number of amides is 1. The molecule has 1 aliphatic rings. The third-order valence-corrected chi connectivity index (χ3v) is 4.33. The van der Waals surface area contributed by atoms with Crippen molar-refractivity contribution in [2.45, 2.75) is 63.5 Å². The molecule has 1 aliphatic carbocycles. The number of carbonyl (C=O) groups excluding carboxylic acids is 1. The van der Waals surface area contributed by atoms with Crippen molar-refractivity contribution in [1.82, 2.24) is 10.6 Å². The number of hydrogen-bond acceptors (Lipinski definition) is 3. The van der Waals surface area contributed by atoms with E-state index in [4.69, 9.17) is 4.42 Å². The van der Waals surface area contributed by atoms with Crippen LogP contribution in [0.2, 0.25) is 0 Å². The Kier molecular flexibility index (Phi) is 5.24. The molecule has 0 aliphatic heterocycles. The molecular formula is C16H26N2O2. The molecule has 4 nitrogen and oxygen atoms in total. The first-order chi connectivity index (χ1) is 9.63. The van der Waals surface area contributed by atoms with Crippen LogP contribution in [0.3, 0.4) is 0 Å². The van der Waals surface area contributed by atoms with Crippen LogP contribution in [0.5, 0.6) is 0 Å². The molecule has 1 aromatic heterocycles. The molecular weight excluding hydrogens is 252 g/mol. The third kappa shape index (κ3) is 4.10. The second kappa shape index (κ2) is 6.93. The maximum Gasteiger partial charge on any atom is 0.222 e. The molecule has 0 radical (unpaired) electrons. The Labute approximate surface area is 121 Å². The van der Waals surface area contributed by atoms with Crippen LogP contribution in [0.1, 0.15) is 51.2 Å². The van der Waals surface area contributed by atoms with Gasteiger partial charge in [-0.1, -0.05) is 19.3 Å². The lowest BCUT2D eigenvalue weighted by Crippen LogP contribution is -2.49. The zero-order valence-electron chi connectivity index (χ0n) is 12.6. The van der Waals surface area contributed by atoms with Gasteiger partial charge < -0.3 is 15.1 Å². The van der Waals surface area contributed by atoms with E-state index in [9.17, 15) is 4.79 Å². The van der Waals surface area contributed by atoms with Crippen LogP contribution in [0, 0.1) is 0 Å². The van der Waals surface area contributed by atoms with Crippen LogP contribution in [-0.2, 0) is 11.2 Å². The minimum atomic E-state index is 0.00668. The minimum Gasteiger partial charge on any atom is -0.469 e. The fourth-order valence-corrected chi connectivity index (χ4v) is 3.16. The molecule has 20 heavy (non-hydrogen) atoms. The second-order valence-electron chi connectivity index (χ2n) is 6.02. The Bertz CT molecular complexity index is 408. The fraction of sp³-hybridized carbons (Fsp3) is 0.688. The number of carbonyl (C=O) groups is 1. The van der Waals surface area contributed by atoms with Crippen molar-refractivity contribution in [1.29, 1.82) is 0 Å². The summed E-state index contributed by atoms with van der Waals surface area (Å²) < 4.78 is 5.31. The summed E-state index contributed by atoms with van der Waals surface area (Å²) in [4.78, 5) is 12.2. The highest BCUT2D eigenvalue weighted by Crippen LogP contribution is 2.30. The summed E-state index contributed by atoms with van der Waals surface area (Å²) in [6.45, 7) is 2.02. The van der Waals surface area contributed by atoms with E-state index in [2.05, 4.69) is 10.6 Å². The molecule has 1 atom stereocenters. The predicted octanol–water partition coefficient (Wildman–Crippen LogP) is 2.64. The monoisotopic (exact) mass is 278 g/mol. The molecule has 1 unspecified atom stereocenters. The molecule has 1 saturated carbocycles. The number of furan rings is 1. The summed E-state index contributed by atoms with van der Waals surface area (Å²) in [5.74, 6) is 1.05. The van der Waals surface area contributed by atoms with Crippen LogP contribution in [0.4, 0.5) is 0 Å². The molecule has 4 heteroatoms.